The van der Waals surface area contributed by atoms with E-state index in [1.54, 1.807) is 12.1 Å². The maximum Gasteiger partial charge on any atom is 0.264 e. The number of hydrogen-bond acceptors (Lipinski definition) is 3. The molecule has 0 saturated heterocycles. The lowest BCUT2D eigenvalue weighted by Crippen LogP contribution is -2.67. The first-order valence-corrected chi connectivity index (χ1v) is 6.33. The third kappa shape index (κ3) is 3.10. The van der Waals surface area contributed by atoms with Gasteiger partial charge in [0.15, 0.2) is 0 Å². The number of anilines is 1. The van der Waals surface area contributed by atoms with Crippen LogP contribution in [0, 0.1) is 0 Å². The number of imide groups is 1. The van der Waals surface area contributed by atoms with Crippen molar-refractivity contribution in [2.45, 2.75) is 19.3 Å². The van der Waals surface area contributed by atoms with Crippen molar-refractivity contribution in [1.82, 2.24) is 5.43 Å². The first-order valence-electron chi connectivity index (χ1n) is 6.33. The third-order valence-corrected chi connectivity index (χ3v) is 3.07. The molecule has 0 unspecified atom stereocenters. The molecule has 4 N–H and O–H groups in total. The van der Waals surface area contributed by atoms with Gasteiger partial charge in [-0.25, -0.2) is 10.3 Å². The minimum atomic E-state index is -0.324. The van der Waals surface area contributed by atoms with Crippen LogP contribution in [0.1, 0.15) is 18.4 Å². The molecule has 0 aromatic heterocycles. The van der Waals surface area contributed by atoms with E-state index in [-0.39, 0.29) is 17.7 Å². The number of aryl methyl sites for hydroxylation is 1. The van der Waals surface area contributed by atoms with Gasteiger partial charge in [0.25, 0.3) is 17.7 Å². The summed E-state index contributed by atoms with van der Waals surface area (Å²) in [6, 6.07) is 7.19. The summed E-state index contributed by atoms with van der Waals surface area (Å²) in [6.45, 7) is 0. The molecular weight excluding hydrogens is 258 g/mol. The van der Waals surface area contributed by atoms with Crippen LogP contribution in [0.5, 0.6) is 0 Å². The zero-order valence-electron chi connectivity index (χ0n) is 11.0. The summed E-state index contributed by atoms with van der Waals surface area (Å²) in [5, 5.41) is 0. The SMILES string of the molecule is [NH3+]NC(=O)CCCc1ccc(N2C(=O)C=CC2=O)cc1. The van der Waals surface area contributed by atoms with Gasteiger partial charge < -0.3 is 0 Å². The van der Waals surface area contributed by atoms with Gasteiger partial charge in [0.1, 0.15) is 0 Å². The van der Waals surface area contributed by atoms with Gasteiger partial charge in [-0.05, 0) is 30.5 Å². The Kier molecular flexibility index (Phi) is 4.27. The number of nitrogens with one attached hydrogen (secondary N) is 1. The second-order valence-corrected chi connectivity index (χ2v) is 4.47. The first kappa shape index (κ1) is 14.0. The highest BCUT2D eigenvalue weighted by atomic mass is 16.2. The molecule has 6 nitrogen and oxygen atoms in total. The Hall–Kier alpha value is -2.47. The lowest BCUT2D eigenvalue weighted by molar-refractivity contribution is -0.427. The number of hydrogen-bond donors (Lipinski definition) is 2. The van der Waals surface area contributed by atoms with E-state index in [0.717, 1.165) is 23.3 Å². The molecule has 3 amide bonds. The van der Waals surface area contributed by atoms with Crippen molar-refractivity contribution in [2.75, 3.05) is 4.90 Å². The number of quaternary nitrogens is 1. The zero-order chi connectivity index (χ0) is 14.5. The molecule has 0 saturated carbocycles. The van der Waals surface area contributed by atoms with Crippen molar-refractivity contribution in [2.24, 2.45) is 0 Å². The van der Waals surface area contributed by atoms with Crippen LogP contribution in [0.15, 0.2) is 36.4 Å². The number of benzene rings is 1. The Bertz CT molecular complexity index is 546. The van der Waals surface area contributed by atoms with Crippen molar-refractivity contribution >= 4 is 23.4 Å². The number of rotatable bonds is 5. The standard InChI is InChI=1S/C14H15N3O3/c15-16-12(18)3-1-2-10-4-6-11(7-5-10)17-13(19)8-9-14(17)20/h4-9H,1-3,15H2,(H,16,18)/p+1. The van der Waals surface area contributed by atoms with Crippen molar-refractivity contribution in [1.29, 1.82) is 0 Å². The molecule has 6 heteroatoms. The minimum absolute atomic E-state index is 0.0824. The van der Waals surface area contributed by atoms with Crippen molar-refractivity contribution in [3.05, 3.63) is 42.0 Å². The maximum atomic E-state index is 11.5. The Balaban J connectivity index is 1.95. The molecule has 1 aromatic carbocycles. The number of carbonyl (C=O) groups excluding carboxylic acids is 3. The van der Waals surface area contributed by atoms with Crippen LogP contribution in [0.3, 0.4) is 0 Å². The molecule has 104 valence electrons. The van der Waals surface area contributed by atoms with Crippen molar-refractivity contribution in [3.63, 3.8) is 0 Å². The first-order chi connectivity index (χ1) is 9.61. The van der Waals surface area contributed by atoms with E-state index in [4.69, 9.17) is 0 Å². The fourth-order valence-corrected chi connectivity index (χ4v) is 2.01. The van der Waals surface area contributed by atoms with Gasteiger partial charge in [0.2, 0.25) is 0 Å². The highest BCUT2D eigenvalue weighted by Crippen LogP contribution is 2.20. The van der Waals surface area contributed by atoms with Crippen LogP contribution in [0.2, 0.25) is 0 Å². The summed E-state index contributed by atoms with van der Waals surface area (Å²) in [5.41, 5.74) is 3.94. The minimum Gasteiger partial charge on any atom is -0.270 e. The van der Waals surface area contributed by atoms with Gasteiger partial charge in [-0.1, -0.05) is 12.1 Å². The normalized spacial score (nSPS) is 13.9. The van der Waals surface area contributed by atoms with Crippen molar-refractivity contribution in [3.8, 4) is 0 Å². The molecule has 20 heavy (non-hydrogen) atoms. The summed E-state index contributed by atoms with van der Waals surface area (Å²) in [4.78, 5) is 35.2. The predicted molar refractivity (Wildman–Crippen MR) is 72.0 cm³/mol. The second kappa shape index (κ2) is 6.12. The van der Waals surface area contributed by atoms with Crippen LogP contribution in [0.25, 0.3) is 0 Å². The summed E-state index contributed by atoms with van der Waals surface area (Å²) >= 11 is 0. The number of carbonyl (C=O) groups is 3. The van der Waals surface area contributed by atoms with Crippen LogP contribution in [-0.4, -0.2) is 17.7 Å². The van der Waals surface area contributed by atoms with E-state index in [1.165, 1.54) is 12.2 Å². The summed E-state index contributed by atoms with van der Waals surface area (Å²) < 4.78 is 0. The van der Waals surface area contributed by atoms with E-state index < -0.39 is 0 Å². The Morgan fingerprint density at radius 2 is 1.70 bits per heavy atom. The van der Waals surface area contributed by atoms with Crippen LogP contribution in [0.4, 0.5) is 5.69 Å². The van der Waals surface area contributed by atoms with Crippen LogP contribution in [-0.2, 0) is 20.8 Å². The second-order valence-electron chi connectivity index (χ2n) is 4.47. The van der Waals surface area contributed by atoms with Crippen LogP contribution < -0.4 is 16.2 Å². The maximum absolute atomic E-state index is 11.5. The van der Waals surface area contributed by atoms with E-state index in [2.05, 4.69) is 11.3 Å². The summed E-state index contributed by atoms with van der Waals surface area (Å²) in [7, 11) is 0. The van der Waals surface area contributed by atoms with Gasteiger partial charge in [-0.2, -0.15) is 0 Å². The van der Waals surface area contributed by atoms with Crippen LogP contribution >= 0.6 is 0 Å². The van der Waals surface area contributed by atoms with Gasteiger partial charge in [-0.15, -0.1) is 0 Å². The van der Waals surface area contributed by atoms with Gasteiger partial charge >= 0.3 is 0 Å². The fourth-order valence-electron chi connectivity index (χ4n) is 2.01. The largest absolute Gasteiger partial charge is 0.270 e. The third-order valence-electron chi connectivity index (χ3n) is 3.07. The monoisotopic (exact) mass is 274 g/mol. The highest BCUT2D eigenvalue weighted by molar-refractivity contribution is 6.28. The average Bonchev–Trinajstić information content (AvgIpc) is 2.79. The molecule has 0 spiro atoms. The molecule has 0 aliphatic carbocycles. The van der Waals surface area contributed by atoms with E-state index in [1.807, 2.05) is 12.1 Å². The molecule has 0 radical (unpaired) electrons. The van der Waals surface area contributed by atoms with Gasteiger partial charge in [-0.3, -0.25) is 20.2 Å². The highest BCUT2D eigenvalue weighted by Gasteiger charge is 2.24. The van der Waals surface area contributed by atoms with E-state index in [0.29, 0.717) is 12.1 Å². The van der Waals surface area contributed by atoms with Gasteiger partial charge in [0.05, 0.1) is 5.69 Å². The molecular formula is C14H16N3O3+. The smallest absolute Gasteiger partial charge is 0.264 e. The Labute approximate surface area is 116 Å². The molecule has 2 rings (SSSR count). The lowest BCUT2D eigenvalue weighted by atomic mass is 10.1. The predicted octanol–water partition coefficient (Wildman–Crippen LogP) is -0.288. The Morgan fingerprint density at radius 1 is 1.10 bits per heavy atom. The summed E-state index contributed by atoms with van der Waals surface area (Å²) in [5.74, 6) is 2.58. The average molecular weight is 274 g/mol. The summed E-state index contributed by atoms with van der Waals surface area (Å²) in [6.07, 6.45) is 4.43. The Morgan fingerprint density at radius 3 is 2.25 bits per heavy atom. The number of amides is 3. The zero-order valence-corrected chi connectivity index (χ0v) is 11.0. The molecule has 1 aromatic rings. The van der Waals surface area contributed by atoms with E-state index >= 15 is 0 Å². The van der Waals surface area contributed by atoms with Crippen molar-refractivity contribution < 1.29 is 20.2 Å². The molecule has 1 heterocycles. The van der Waals surface area contributed by atoms with Gasteiger partial charge in [0, 0.05) is 18.6 Å². The molecule has 0 atom stereocenters. The quantitative estimate of drug-likeness (QED) is 0.570. The number of nitrogens with zero attached hydrogens (tertiary/aromatic N) is 1. The molecule has 1 aliphatic heterocycles. The lowest BCUT2D eigenvalue weighted by Gasteiger charge is -2.14. The molecule has 1 aliphatic rings. The van der Waals surface area contributed by atoms with E-state index in [9.17, 15) is 14.4 Å². The molecule has 0 fully saturated rings. The molecule has 0 bridgehead atoms. The topological polar surface area (TPSA) is 94.1 Å². The fraction of sp³-hybridized carbons (Fsp3) is 0.214.